The number of pyridine rings is 1. The van der Waals surface area contributed by atoms with Crippen LogP contribution in [0.5, 0.6) is 0 Å². The van der Waals surface area contributed by atoms with Gasteiger partial charge in [0.1, 0.15) is 6.61 Å². The molecule has 0 saturated heterocycles. The number of carbonyl (C=O) groups is 1. The number of nitrogens with two attached hydrogens (primary N) is 1. The van der Waals surface area contributed by atoms with Crippen molar-refractivity contribution in [3.63, 3.8) is 0 Å². The number of ether oxygens (including phenoxy) is 1. The molecule has 0 fully saturated rings. The van der Waals surface area contributed by atoms with Crippen molar-refractivity contribution in [1.29, 1.82) is 0 Å². The molecule has 0 spiro atoms. The fourth-order valence-electron chi connectivity index (χ4n) is 0.939. The number of rotatable bonds is 2. The van der Waals surface area contributed by atoms with Crippen LogP contribution in [-0.2, 0) is 4.74 Å². The molecule has 1 heterocycles. The Morgan fingerprint density at radius 2 is 2.47 bits per heavy atom. The van der Waals surface area contributed by atoms with Crippen molar-refractivity contribution < 1.29 is 14.6 Å². The summed E-state index contributed by atoms with van der Waals surface area (Å²) in [6, 6.07) is 1.47. The number of nitrogen functional groups attached to an aromatic ring is 1. The first-order valence-corrected chi connectivity index (χ1v) is 4.11. The Morgan fingerprint density at radius 3 is 3.00 bits per heavy atom. The summed E-state index contributed by atoms with van der Waals surface area (Å²) in [5, 5.41) is 8.67. The number of hydrogen-bond donors (Lipinski definition) is 2. The number of carboxylic acid groups (broad SMARTS) is 1. The monoisotopic (exact) mass is 206 g/mol. The van der Waals surface area contributed by atoms with Gasteiger partial charge in [-0.05, 0) is 6.07 Å². The van der Waals surface area contributed by atoms with E-state index in [1.165, 1.54) is 19.4 Å². The zero-order valence-corrected chi connectivity index (χ0v) is 8.15. The van der Waals surface area contributed by atoms with Gasteiger partial charge in [-0.25, -0.2) is 9.78 Å². The first kappa shape index (κ1) is 11.0. The quantitative estimate of drug-likeness (QED) is 0.682. The van der Waals surface area contributed by atoms with Gasteiger partial charge in [0.05, 0.1) is 5.69 Å². The maximum absolute atomic E-state index is 10.6. The fourth-order valence-corrected chi connectivity index (χ4v) is 0.939. The third-order valence-corrected chi connectivity index (χ3v) is 1.57. The highest BCUT2D eigenvalue weighted by Crippen LogP contribution is 2.09. The minimum absolute atomic E-state index is 0.103. The molecule has 0 unspecified atom stereocenters. The maximum atomic E-state index is 10.6. The van der Waals surface area contributed by atoms with Crippen molar-refractivity contribution in [3.8, 4) is 11.8 Å². The number of nitrogens with zero attached hydrogens (tertiary/aromatic N) is 1. The Balaban J connectivity index is 2.93. The van der Waals surface area contributed by atoms with E-state index in [2.05, 4.69) is 16.8 Å². The van der Waals surface area contributed by atoms with E-state index in [1.54, 1.807) is 0 Å². The summed E-state index contributed by atoms with van der Waals surface area (Å²) in [4.78, 5) is 14.3. The highest BCUT2D eigenvalue weighted by Gasteiger charge is 2.08. The van der Waals surface area contributed by atoms with Crippen LogP contribution in [0.3, 0.4) is 0 Å². The molecule has 5 heteroatoms. The van der Waals surface area contributed by atoms with Crippen LogP contribution in [-0.4, -0.2) is 29.8 Å². The third-order valence-electron chi connectivity index (χ3n) is 1.57. The van der Waals surface area contributed by atoms with Crippen LogP contribution in [0.15, 0.2) is 12.3 Å². The minimum atomic E-state index is -1.15. The van der Waals surface area contributed by atoms with Crippen LogP contribution in [0, 0.1) is 11.8 Å². The minimum Gasteiger partial charge on any atom is -0.476 e. The molecule has 3 N–H and O–H groups in total. The smallest absolute Gasteiger partial charge is 0.356 e. The summed E-state index contributed by atoms with van der Waals surface area (Å²) in [5.74, 6) is 4.30. The Morgan fingerprint density at radius 1 is 1.73 bits per heavy atom. The van der Waals surface area contributed by atoms with Gasteiger partial charge in [0.25, 0.3) is 0 Å². The van der Waals surface area contributed by atoms with Gasteiger partial charge in [-0.3, -0.25) is 0 Å². The first-order valence-electron chi connectivity index (χ1n) is 4.11. The SMILES string of the molecule is COCC#Cc1cnc(C(=O)O)c(N)c1. The molecular formula is C10H10N2O3. The second-order valence-corrected chi connectivity index (χ2v) is 2.70. The number of hydrogen-bond acceptors (Lipinski definition) is 4. The van der Waals surface area contributed by atoms with Gasteiger partial charge < -0.3 is 15.6 Å². The van der Waals surface area contributed by atoms with E-state index in [9.17, 15) is 4.79 Å². The lowest BCUT2D eigenvalue weighted by atomic mass is 10.2. The number of methoxy groups -OCH3 is 1. The molecule has 1 aromatic rings. The number of anilines is 1. The van der Waals surface area contributed by atoms with E-state index < -0.39 is 5.97 Å². The second-order valence-electron chi connectivity index (χ2n) is 2.70. The van der Waals surface area contributed by atoms with Crippen LogP contribution in [0.1, 0.15) is 16.1 Å². The summed E-state index contributed by atoms with van der Waals surface area (Å²) >= 11 is 0. The van der Waals surface area contributed by atoms with Crippen LogP contribution in [0.2, 0.25) is 0 Å². The van der Waals surface area contributed by atoms with Crippen molar-refractivity contribution in [2.45, 2.75) is 0 Å². The lowest BCUT2D eigenvalue weighted by molar-refractivity contribution is 0.0692. The van der Waals surface area contributed by atoms with E-state index in [1.807, 2.05) is 0 Å². The second kappa shape index (κ2) is 4.98. The molecular weight excluding hydrogens is 196 g/mol. The van der Waals surface area contributed by atoms with Crippen molar-refractivity contribution in [3.05, 3.63) is 23.5 Å². The van der Waals surface area contributed by atoms with Crippen LogP contribution >= 0.6 is 0 Å². The van der Waals surface area contributed by atoms with Crippen molar-refractivity contribution in [1.82, 2.24) is 4.98 Å². The van der Waals surface area contributed by atoms with Gasteiger partial charge in [0.2, 0.25) is 0 Å². The van der Waals surface area contributed by atoms with Crippen molar-refractivity contribution in [2.75, 3.05) is 19.5 Å². The molecule has 1 aromatic heterocycles. The van der Waals surface area contributed by atoms with Gasteiger partial charge in [0.15, 0.2) is 5.69 Å². The number of carboxylic acids is 1. The molecule has 15 heavy (non-hydrogen) atoms. The molecule has 0 radical (unpaired) electrons. The van der Waals surface area contributed by atoms with E-state index >= 15 is 0 Å². The largest absolute Gasteiger partial charge is 0.476 e. The Labute approximate surface area is 86.9 Å². The molecule has 0 aliphatic carbocycles. The van der Waals surface area contributed by atoms with Gasteiger partial charge in [-0.2, -0.15) is 0 Å². The molecule has 78 valence electrons. The van der Waals surface area contributed by atoms with E-state index in [0.29, 0.717) is 12.2 Å². The molecule has 0 aromatic carbocycles. The lowest BCUT2D eigenvalue weighted by Crippen LogP contribution is -2.05. The average Bonchev–Trinajstić information content (AvgIpc) is 2.17. The van der Waals surface area contributed by atoms with Crippen molar-refractivity contribution >= 4 is 11.7 Å². The molecule has 5 nitrogen and oxygen atoms in total. The van der Waals surface area contributed by atoms with Crippen molar-refractivity contribution in [2.24, 2.45) is 0 Å². The summed E-state index contributed by atoms with van der Waals surface area (Å²) in [7, 11) is 1.54. The molecule has 0 saturated carbocycles. The first-order chi connectivity index (χ1) is 7.15. The molecule has 1 rings (SSSR count). The van der Waals surface area contributed by atoms with Gasteiger partial charge in [-0.1, -0.05) is 11.8 Å². The van der Waals surface area contributed by atoms with Gasteiger partial charge >= 0.3 is 5.97 Å². The van der Waals surface area contributed by atoms with Gasteiger partial charge in [-0.15, -0.1) is 0 Å². The Bertz CT molecular complexity index is 432. The van der Waals surface area contributed by atoms with Crippen LogP contribution in [0.25, 0.3) is 0 Å². The van der Waals surface area contributed by atoms with Gasteiger partial charge in [0, 0.05) is 18.9 Å². The molecule has 0 atom stereocenters. The predicted octanol–water partition coefficient (Wildman–Crippen LogP) is 0.360. The summed E-state index contributed by atoms with van der Waals surface area (Å²) in [5.41, 5.74) is 5.99. The molecule has 0 bridgehead atoms. The highest BCUT2D eigenvalue weighted by atomic mass is 16.5. The molecule has 0 aliphatic heterocycles. The van der Waals surface area contributed by atoms with E-state index in [0.717, 1.165) is 0 Å². The summed E-state index contributed by atoms with van der Waals surface area (Å²) < 4.78 is 4.74. The third kappa shape index (κ3) is 2.97. The van der Waals surface area contributed by atoms with E-state index in [-0.39, 0.29) is 11.4 Å². The predicted molar refractivity (Wildman–Crippen MR) is 54.4 cm³/mol. The lowest BCUT2D eigenvalue weighted by Gasteiger charge is -1.98. The normalized spacial score (nSPS) is 9.13. The zero-order valence-electron chi connectivity index (χ0n) is 8.15. The maximum Gasteiger partial charge on any atom is 0.356 e. The number of aromatic nitrogens is 1. The average molecular weight is 206 g/mol. The molecule has 0 amide bonds. The molecule has 0 aliphatic rings. The van der Waals surface area contributed by atoms with Crippen LogP contribution < -0.4 is 5.73 Å². The highest BCUT2D eigenvalue weighted by molar-refractivity contribution is 5.91. The summed E-state index contributed by atoms with van der Waals surface area (Å²) in [6.07, 6.45) is 1.36. The van der Waals surface area contributed by atoms with Crippen LogP contribution in [0.4, 0.5) is 5.69 Å². The van der Waals surface area contributed by atoms with E-state index in [4.69, 9.17) is 15.6 Å². The summed E-state index contributed by atoms with van der Waals surface area (Å²) in [6.45, 7) is 0.306. The standard InChI is InChI=1S/C10H10N2O3/c1-15-4-2-3-7-5-8(11)9(10(13)14)12-6-7/h5-6H,4,11H2,1H3,(H,13,14). The Hall–Kier alpha value is -2.06. The Kier molecular flexibility index (Phi) is 3.66. The topological polar surface area (TPSA) is 85.4 Å². The zero-order chi connectivity index (χ0) is 11.3. The number of aromatic carboxylic acids is 1. The fraction of sp³-hybridized carbons (Fsp3) is 0.200.